The van der Waals surface area contributed by atoms with Crippen molar-refractivity contribution in [1.29, 1.82) is 0 Å². The Morgan fingerprint density at radius 3 is 2.88 bits per heavy atom. The van der Waals surface area contributed by atoms with E-state index in [-0.39, 0.29) is 17.8 Å². The number of rotatable bonds is 3. The largest absolute Gasteiger partial charge is 0.351 e. The SMILES string of the molecule is O=C(NCc1ccc(F)cc1)C1CSCN1. The van der Waals surface area contributed by atoms with Gasteiger partial charge in [-0.25, -0.2) is 4.39 Å². The highest BCUT2D eigenvalue weighted by atomic mass is 32.2. The minimum absolute atomic E-state index is 0.00863. The summed E-state index contributed by atoms with van der Waals surface area (Å²) >= 11 is 1.71. The maximum absolute atomic E-state index is 12.6. The highest BCUT2D eigenvalue weighted by Gasteiger charge is 2.21. The van der Waals surface area contributed by atoms with Crippen LogP contribution in [0, 0.1) is 5.82 Å². The van der Waals surface area contributed by atoms with Crippen LogP contribution in [-0.4, -0.2) is 23.6 Å². The summed E-state index contributed by atoms with van der Waals surface area (Å²) in [4.78, 5) is 11.6. The molecule has 1 atom stereocenters. The summed E-state index contributed by atoms with van der Waals surface area (Å²) in [6.07, 6.45) is 0. The molecule has 0 bridgehead atoms. The lowest BCUT2D eigenvalue weighted by Crippen LogP contribution is -2.41. The van der Waals surface area contributed by atoms with Gasteiger partial charge in [0.15, 0.2) is 0 Å². The second-order valence-electron chi connectivity index (χ2n) is 3.62. The topological polar surface area (TPSA) is 41.1 Å². The van der Waals surface area contributed by atoms with E-state index in [1.807, 2.05) is 0 Å². The van der Waals surface area contributed by atoms with Crippen LogP contribution in [0.4, 0.5) is 4.39 Å². The van der Waals surface area contributed by atoms with Crippen molar-refractivity contribution in [2.45, 2.75) is 12.6 Å². The summed E-state index contributed by atoms with van der Waals surface area (Å²) in [5.41, 5.74) is 0.903. The van der Waals surface area contributed by atoms with Gasteiger partial charge in [-0.3, -0.25) is 10.1 Å². The smallest absolute Gasteiger partial charge is 0.238 e. The number of halogens is 1. The molecular weight excluding hydrogens is 227 g/mol. The Hall–Kier alpha value is -1.07. The van der Waals surface area contributed by atoms with E-state index in [2.05, 4.69) is 10.6 Å². The van der Waals surface area contributed by atoms with Crippen molar-refractivity contribution < 1.29 is 9.18 Å². The average Bonchev–Trinajstić information content (AvgIpc) is 2.81. The minimum atomic E-state index is -0.260. The van der Waals surface area contributed by atoms with E-state index in [0.717, 1.165) is 17.2 Å². The highest BCUT2D eigenvalue weighted by molar-refractivity contribution is 7.99. The van der Waals surface area contributed by atoms with Gasteiger partial charge in [0.2, 0.25) is 5.91 Å². The van der Waals surface area contributed by atoms with Crippen LogP contribution in [0.2, 0.25) is 0 Å². The molecule has 86 valence electrons. The van der Waals surface area contributed by atoms with Crippen LogP contribution >= 0.6 is 11.8 Å². The number of carbonyl (C=O) groups is 1. The summed E-state index contributed by atoms with van der Waals surface area (Å²) < 4.78 is 12.6. The number of hydrogen-bond donors (Lipinski definition) is 2. The Balaban J connectivity index is 1.82. The fraction of sp³-hybridized carbons (Fsp3) is 0.364. The normalized spacial score (nSPS) is 19.7. The number of benzene rings is 1. The molecule has 1 unspecified atom stereocenters. The second kappa shape index (κ2) is 5.32. The first kappa shape index (κ1) is 11.4. The van der Waals surface area contributed by atoms with Crippen molar-refractivity contribution in [3.8, 4) is 0 Å². The monoisotopic (exact) mass is 240 g/mol. The summed E-state index contributed by atoms with van der Waals surface area (Å²) in [6.45, 7) is 0.446. The van der Waals surface area contributed by atoms with Gasteiger partial charge in [0.25, 0.3) is 0 Å². The molecule has 0 saturated carbocycles. The average molecular weight is 240 g/mol. The van der Waals surface area contributed by atoms with Crippen LogP contribution in [0.1, 0.15) is 5.56 Å². The summed E-state index contributed by atoms with van der Waals surface area (Å²) in [6, 6.07) is 6.04. The van der Waals surface area contributed by atoms with Crippen LogP contribution in [0.3, 0.4) is 0 Å². The standard InChI is InChI=1S/C11H13FN2OS/c12-9-3-1-8(2-4-9)5-13-11(15)10-6-16-7-14-10/h1-4,10,14H,5-7H2,(H,13,15). The fourth-order valence-electron chi connectivity index (χ4n) is 1.48. The van der Waals surface area contributed by atoms with Crippen LogP contribution in [-0.2, 0) is 11.3 Å². The van der Waals surface area contributed by atoms with Crippen LogP contribution in [0.5, 0.6) is 0 Å². The van der Waals surface area contributed by atoms with Crippen molar-refractivity contribution in [2.75, 3.05) is 11.6 Å². The van der Waals surface area contributed by atoms with Gasteiger partial charge < -0.3 is 5.32 Å². The molecule has 1 fully saturated rings. The minimum Gasteiger partial charge on any atom is -0.351 e. The predicted molar refractivity (Wildman–Crippen MR) is 62.5 cm³/mol. The Kier molecular flexibility index (Phi) is 3.79. The lowest BCUT2D eigenvalue weighted by atomic mass is 10.2. The zero-order valence-corrected chi connectivity index (χ0v) is 9.52. The molecule has 1 aliphatic rings. The van der Waals surface area contributed by atoms with Gasteiger partial charge in [-0.2, -0.15) is 0 Å². The molecule has 1 saturated heterocycles. The number of nitrogens with one attached hydrogen (secondary N) is 2. The third-order valence-electron chi connectivity index (χ3n) is 2.41. The van der Waals surface area contributed by atoms with E-state index in [9.17, 15) is 9.18 Å². The maximum Gasteiger partial charge on any atom is 0.238 e. The van der Waals surface area contributed by atoms with Crippen molar-refractivity contribution in [1.82, 2.24) is 10.6 Å². The third kappa shape index (κ3) is 2.96. The molecule has 2 N–H and O–H groups in total. The van der Waals surface area contributed by atoms with Gasteiger partial charge in [-0.05, 0) is 17.7 Å². The fourth-order valence-corrected chi connectivity index (χ4v) is 2.42. The van der Waals surface area contributed by atoms with E-state index < -0.39 is 0 Å². The van der Waals surface area contributed by atoms with Crippen LogP contribution in [0.15, 0.2) is 24.3 Å². The van der Waals surface area contributed by atoms with Gasteiger partial charge in [-0.1, -0.05) is 12.1 Å². The first-order chi connectivity index (χ1) is 7.75. The number of thioether (sulfide) groups is 1. The molecule has 1 aliphatic heterocycles. The van der Waals surface area contributed by atoms with Crippen molar-refractivity contribution >= 4 is 17.7 Å². The molecule has 3 nitrogen and oxygen atoms in total. The van der Waals surface area contributed by atoms with Crippen molar-refractivity contribution in [2.24, 2.45) is 0 Å². The predicted octanol–water partition coefficient (Wildman–Crippen LogP) is 1.10. The Labute approximate surface area is 97.8 Å². The van der Waals surface area contributed by atoms with E-state index in [0.29, 0.717) is 6.54 Å². The Morgan fingerprint density at radius 2 is 2.25 bits per heavy atom. The van der Waals surface area contributed by atoms with Crippen molar-refractivity contribution in [3.63, 3.8) is 0 Å². The highest BCUT2D eigenvalue weighted by Crippen LogP contribution is 2.09. The number of amides is 1. The van der Waals surface area contributed by atoms with Crippen LogP contribution in [0.25, 0.3) is 0 Å². The third-order valence-corrected chi connectivity index (χ3v) is 3.35. The van der Waals surface area contributed by atoms with Gasteiger partial charge in [0.1, 0.15) is 5.82 Å². The molecule has 0 radical (unpaired) electrons. The molecule has 1 aromatic carbocycles. The first-order valence-electron chi connectivity index (χ1n) is 5.09. The molecule has 2 rings (SSSR count). The van der Waals surface area contributed by atoms with Gasteiger partial charge in [-0.15, -0.1) is 11.8 Å². The van der Waals surface area contributed by atoms with Gasteiger partial charge >= 0.3 is 0 Å². The molecule has 5 heteroatoms. The molecule has 1 aromatic rings. The van der Waals surface area contributed by atoms with E-state index in [4.69, 9.17) is 0 Å². The quantitative estimate of drug-likeness (QED) is 0.831. The molecule has 1 amide bonds. The van der Waals surface area contributed by atoms with Crippen molar-refractivity contribution in [3.05, 3.63) is 35.6 Å². The number of carbonyl (C=O) groups excluding carboxylic acids is 1. The lowest BCUT2D eigenvalue weighted by molar-refractivity contribution is -0.122. The maximum atomic E-state index is 12.6. The Morgan fingerprint density at radius 1 is 1.50 bits per heavy atom. The van der Waals surface area contributed by atoms with E-state index in [1.165, 1.54) is 12.1 Å². The molecule has 0 aromatic heterocycles. The van der Waals surface area contributed by atoms with E-state index in [1.54, 1.807) is 23.9 Å². The second-order valence-corrected chi connectivity index (χ2v) is 4.65. The summed E-state index contributed by atoms with van der Waals surface area (Å²) in [7, 11) is 0. The molecule has 1 heterocycles. The van der Waals surface area contributed by atoms with Gasteiger partial charge in [0.05, 0.1) is 6.04 Å². The molecule has 16 heavy (non-hydrogen) atoms. The Bertz CT molecular complexity index is 363. The molecule has 0 aliphatic carbocycles. The van der Waals surface area contributed by atoms with E-state index >= 15 is 0 Å². The zero-order chi connectivity index (χ0) is 11.4. The summed E-state index contributed by atoms with van der Waals surface area (Å²) in [5, 5.41) is 5.92. The first-order valence-corrected chi connectivity index (χ1v) is 6.24. The summed E-state index contributed by atoms with van der Waals surface area (Å²) in [5.74, 6) is 1.39. The molecule has 0 spiro atoms. The van der Waals surface area contributed by atoms with Gasteiger partial charge in [0, 0.05) is 18.2 Å². The zero-order valence-electron chi connectivity index (χ0n) is 8.70. The lowest BCUT2D eigenvalue weighted by Gasteiger charge is -2.10. The number of hydrogen-bond acceptors (Lipinski definition) is 3. The van der Waals surface area contributed by atoms with Crippen LogP contribution < -0.4 is 10.6 Å². The molecular formula is C11H13FN2OS.